The molecule has 0 atom stereocenters. The number of ether oxygens (including phenoxy) is 1. The van der Waals surface area contributed by atoms with Crippen molar-refractivity contribution in [1.29, 1.82) is 0 Å². The highest BCUT2D eigenvalue weighted by molar-refractivity contribution is 5.92. The number of carbonyl (C=O) groups excluding carboxylic acids is 1. The van der Waals surface area contributed by atoms with Crippen LogP contribution in [0.3, 0.4) is 0 Å². The summed E-state index contributed by atoms with van der Waals surface area (Å²) in [6.45, 7) is 2.02. The summed E-state index contributed by atoms with van der Waals surface area (Å²) >= 11 is 0. The third-order valence-electron chi connectivity index (χ3n) is 2.65. The third kappa shape index (κ3) is 2.91. The average Bonchev–Trinajstić information content (AvgIpc) is 2.85. The zero-order valence-electron chi connectivity index (χ0n) is 11.5. The number of likely N-dealkylation sites (N-methyl/N-ethyl adjacent to an activating group) is 1. The molecule has 0 saturated heterocycles. The van der Waals surface area contributed by atoms with Crippen molar-refractivity contribution in [2.24, 2.45) is 0 Å². The molecule has 0 aliphatic rings. The van der Waals surface area contributed by atoms with Crippen molar-refractivity contribution in [3.05, 3.63) is 24.0 Å². The van der Waals surface area contributed by atoms with Gasteiger partial charge in [0.05, 0.1) is 13.7 Å². The molecular weight excluding hydrogens is 260 g/mol. The minimum Gasteiger partial charge on any atom is -0.494 e. The summed E-state index contributed by atoms with van der Waals surface area (Å²) < 4.78 is 6.84. The Balaban J connectivity index is 2.35. The second kappa shape index (κ2) is 6.11. The van der Waals surface area contributed by atoms with Crippen molar-refractivity contribution in [2.45, 2.75) is 6.92 Å². The Morgan fingerprint density at radius 3 is 2.85 bits per heavy atom. The third-order valence-corrected chi connectivity index (χ3v) is 2.65. The Hall–Kier alpha value is -2.48. The summed E-state index contributed by atoms with van der Waals surface area (Å²) in [5.74, 6) is 1.12. The van der Waals surface area contributed by atoms with Gasteiger partial charge in [0.15, 0.2) is 5.82 Å². The van der Waals surface area contributed by atoms with Crippen LogP contribution < -0.4 is 15.4 Å². The van der Waals surface area contributed by atoms with E-state index < -0.39 is 0 Å². The van der Waals surface area contributed by atoms with Crippen molar-refractivity contribution in [2.75, 3.05) is 26.0 Å². The second-order valence-electron chi connectivity index (χ2n) is 4.10. The lowest BCUT2D eigenvalue weighted by Gasteiger charge is -2.11. The Morgan fingerprint density at radius 2 is 2.25 bits per heavy atom. The minimum absolute atomic E-state index is 0.128. The average molecular weight is 276 g/mol. The van der Waals surface area contributed by atoms with Crippen LogP contribution in [0.2, 0.25) is 0 Å². The highest BCUT2D eigenvalue weighted by Gasteiger charge is 2.12. The maximum Gasteiger partial charge on any atom is 0.238 e. The number of aromatic nitrogens is 4. The predicted molar refractivity (Wildman–Crippen MR) is 73.0 cm³/mol. The Labute approximate surface area is 116 Å². The first-order valence-electron chi connectivity index (χ1n) is 6.03. The lowest BCUT2D eigenvalue weighted by molar-refractivity contribution is -0.115. The van der Waals surface area contributed by atoms with E-state index in [9.17, 15) is 4.79 Å². The van der Waals surface area contributed by atoms with Crippen LogP contribution in [-0.4, -0.2) is 46.8 Å². The van der Waals surface area contributed by atoms with Gasteiger partial charge >= 0.3 is 0 Å². The lowest BCUT2D eigenvalue weighted by atomic mass is 10.2. The van der Waals surface area contributed by atoms with Gasteiger partial charge in [-0.2, -0.15) is 4.68 Å². The molecule has 1 aromatic carbocycles. The molecule has 0 fully saturated rings. The zero-order chi connectivity index (χ0) is 14.5. The number of anilines is 1. The van der Waals surface area contributed by atoms with Crippen molar-refractivity contribution in [3.8, 4) is 11.4 Å². The van der Waals surface area contributed by atoms with E-state index in [1.165, 1.54) is 0 Å². The normalized spacial score (nSPS) is 10.3. The summed E-state index contributed by atoms with van der Waals surface area (Å²) in [7, 11) is 3.28. The fraction of sp³-hybridized carbons (Fsp3) is 0.333. The molecule has 2 N–H and O–H groups in total. The van der Waals surface area contributed by atoms with E-state index >= 15 is 0 Å². The quantitative estimate of drug-likeness (QED) is 0.806. The Morgan fingerprint density at radius 1 is 1.45 bits per heavy atom. The number of hydrogen-bond donors (Lipinski definition) is 2. The van der Waals surface area contributed by atoms with Crippen LogP contribution in [0.25, 0.3) is 5.69 Å². The summed E-state index contributed by atoms with van der Waals surface area (Å²) in [5.41, 5.74) is 1.31. The first-order valence-corrected chi connectivity index (χ1v) is 6.03. The maximum absolute atomic E-state index is 11.6. The van der Waals surface area contributed by atoms with Crippen molar-refractivity contribution >= 4 is 11.6 Å². The molecule has 8 heteroatoms. The van der Waals surface area contributed by atoms with Crippen molar-refractivity contribution < 1.29 is 9.53 Å². The molecule has 0 radical (unpaired) electrons. The van der Waals surface area contributed by atoms with Gasteiger partial charge in [-0.25, -0.2) is 0 Å². The molecule has 8 nitrogen and oxygen atoms in total. The summed E-state index contributed by atoms with van der Waals surface area (Å²) in [5, 5.41) is 16.9. The fourth-order valence-electron chi connectivity index (χ4n) is 1.75. The number of hydrogen-bond acceptors (Lipinski definition) is 6. The van der Waals surface area contributed by atoms with Crippen molar-refractivity contribution in [1.82, 2.24) is 25.5 Å². The van der Waals surface area contributed by atoms with E-state index in [0.29, 0.717) is 22.9 Å². The number of benzene rings is 1. The molecule has 0 aliphatic carbocycles. The summed E-state index contributed by atoms with van der Waals surface area (Å²) in [6.07, 6.45) is 0. The van der Waals surface area contributed by atoms with E-state index in [-0.39, 0.29) is 12.5 Å². The van der Waals surface area contributed by atoms with Gasteiger partial charge in [-0.05, 0) is 42.6 Å². The van der Waals surface area contributed by atoms with Crippen LogP contribution >= 0.6 is 0 Å². The van der Waals surface area contributed by atoms with Crippen LogP contribution in [0.15, 0.2) is 18.2 Å². The number of amides is 1. The molecule has 1 amide bonds. The lowest BCUT2D eigenvalue weighted by Crippen LogP contribution is -2.25. The number of nitrogens with one attached hydrogen (secondary N) is 2. The molecule has 106 valence electrons. The molecule has 0 saturated carbocycles. The van der Waals surface area contributed by atoms with Gasteiger partial charge in [0.2, 0.25) is 5.91 Å². The van der Waals surface area contributed by atoms with Crippen LogP contribution in [0.1, 0.15) is 5.82 Å². The van der Waals surface area contributed by atoms with Crippen LogP contribution in [-0.2, 0) is 4.79 Å². The topological polar surface area (TPSA) is 94.0 Å². The number of nitrogens with zero attached hydrogens (tertiary/aromatic N) is 4. The molecule has 2 aromatic rings. The molecule has 2 rings (SSSR count). The van der Waals surface area contributed by atoms with E-state index in [2.05, 4.69) is 26.2 Å². The van der Waals surface area contributed by atoms with Gasteiger partial charge in [-0.15, -0.1) is 5.10 Å². The Kier molecular flexibility index (Phi) is 4.26. The van der Waals surface area contributed by atoms with Gasteiger partial charge in [0, 0.05) is 5.69 Å². The van der Waals surface area contributed by atoms with Gasteiger partial charge in [-0.3, -0.25) is 4.79 Å². The van der Waals surface area contributed by atoms with Gasteiger partial charge < -0.3 is 15.4 Å². The zero-order valence-corrected chi connectivity index (χ0v) is 11.5. The SMILES string of the molecule is CNCC(=O)Nc1ccc(OC)c(-n2nnnc2C)c1. The van der Waals surface area contributed by atoms with E-state index in [1.807, 2.05) is 0 Å². The summed E-state index contributed by atoms with van der Waals surface area (Å²) in [4.78, 5) is 11.6. The van der Waals surface area contributed by atoms with Crippen LogP contribution in [0, 0.1) is 6.92 Å². The van der Waals surface area contributed by atoms with Crippen LogP contribution in [0.5, 0.6) is 5.75 Å². The highest BCUT2D eigenvalue weighted by atomic mass is 16.5. The minimum atomic E-state index is -0.128. The molecular formula is C12H16N6O2. The summed E-state index contributed by atoms with van der Waals surface area (Å²) in [6, 6.07) is 5.27. The van der Waals surface area contributed by atoms with E-state index in [0.717, 1.165) is 0 Å². The molecule has 20 heavy (non-hydrogen) atoms. The van der Waals surface area contributed by atoms with E-state index in [1.54, 1.807) is 44.0 Å². The van der Waals surface area contributed by atoms with E-state index in [4.69, 9.17) is 4.74 Å². The number of carbonyl (C=O) groups is 1. The molecule has 1 aromatic heterocycles. The number of tetrazole rings is 1. The van der Waals surface area contributed by atoms with Crippen molar-refractivity contribution in [3.63, 3.8) is 0 Å². The number of methoxy groups -OCH3 is 1. The standard InChI is InChI=1S/C12H16N6O2/c1-8-15-16-17-18(8)10-6-9(4-5-11(10)20-3)14-12(19)7-13-2/h4-6,13H,7H2,1-3H3,(H,14,19). The fourth-order valence-corrected chi connectivity index (χ4v) is 1.75. The molecule has 1 heterocycles. The van der Waals surface area contributed by atoms with Gasteiger partial charge in [0.1, 0.15) is 11.4 Å². The largest absolute Gasteiger partial charge is 0.494 e. The molecule has 0 unspecified atom stereocenters. The Bertz CT molecular complexity index is 610. The number of aryl methyl sites for hydroxylation is 1. The highest BCUT2D eigenvalue weighted by Crippen LogP contribution is 2.26. The second-order valence-corrected chi connectivity index (χ2v) is 4.10. The molecule has 0 bridgehead atoms. The predicted octanol–water partition coefficient (Wildman–Crippen LogP) is 0.137. The van der Waals surface area contributed by atoms with Gasteiger partial charge in [0.25, 0.3) is 0 Å². The maximum atomic E-state index is 11.6. The van der Waals surface area contributed by atoms with Gasteiger partial charge in [-0.1, -0.05) is 0 Å². The molecule has 0 aliphatic heterocycles. The monoisotopic (exact) mass is 276 g/mol. The smallest absolute Gasteiger partial charge is 0.238 e. The van der Waals surface area contributed by atoms with Crippen LogP contribution in [0.4, 0.5) is 5.69 Å². The first-order chi connectivity index (χ1) is 9.65. The molecule has 0 spiro atoms. The number of rotatable bonds is 5. The first kappa shape index (κ1) is 13.9.